The summed E-state index contributed by atoms with van der Waals surface area (Å²) >= 11 is 0. The second-order valence-corrected chi connectivity index (χ2v) is 3.89. The Morgan fingerprint density at radius 2 is 2.26 bits per heavy atom. The highest BCUT2D eigenvalue weighted by Crippen LogP contribution is 2.13. The number of hydrogen-bond donors (Lipinski definition) is 3. The van der Waals surface area contributed by atoms with Gasteiger partial charge in [-0.3, -0.25) is 0 Å². The molecule has 19 heavy (non-hydrogen) atoms. The average molecular weight is 264 g/mol. The third-order valence-electron chi connectivity index (χ3n) is 2.34. The minimum absolute atomic E-state index is 0.139. The zero-order chi connectivity index (χ0) is 14.1. The van der Waals surface area contributed by atoms with Crippen molar-refractivity contribution in [3.63, 3.8) is 0 Å². The molecule has 0 aromatic heterocycles. The van der Waals surface area contributed by atoms with E-state index in [1.807, 2.05) is 6.92 Å². The first-order valence-electron chi connectivity index (χ1n) is 6.11. The van der Waals surface area contributed by atoms with Crippen molar-refractivity contribution < 1.29 is 14.3 Å². The van der Waals surface area contributed by atoms with E-state index in [2.05, 4.69) is 22.5 Å². The molecular weight excluding hydrogens is 247 g/mol. The van der Waals surface area contributed by atoms with Crippen LogP contribution in [0.5, 0.6) is 0 Å². The van der Waals surface area contributed by atoms with E-state index in [1.54, 1.807) is 0 Å². The number of urea groups is 1. The van der Waals surface area contributed by atoms with Gasteiger partial charge >= 0.3 is 6.03 Å². The summed E-state index contributed by atoms with van der Waals surface area (Å²) in [4.78, 5) is 11.5. The number of unbranched alkanes of at least 4 members (excludes halogenated alkanes) is 1. The van der Waals surface area contributed by atoms with Crippen LogP contribution in [0.2, 0.25) is 0 Å². The smallest absolute Gasteiger partial charge is 0.319 e. The molecule has 0 aliphatic carbocycles. The predicted octanol–water partition coefficient (Wildman–Crippen LogP) is 2.09. The van der Waals surface area contributed by atoms with Gasteiger partial charge in [-0.1, -0.05) is 25.2 Å². The van der Waals surface area contributed by atoms with Crippen molar-refractivity contribution in [3.05, 3.63) is 29.6 Å². The molecule has 0 aliphatic rings. The number of hydrogen-bond acceptors (Lipinski definition) is 2. The molecule has 0 saturated carbocycles. The molecule has 2 amide bonds. The monoisotopic (exact) mass is 264 g/mol. The lowest BCUT2D eigenvalue weighted by Crippen LogP contribution is -2.29. The minimum atomic E-state index is -0.488. The molecule has 0 atom stereocenters. The molecule has 0 spiro atoms. The van der Waals surface area contributed by atoms with Crippen LogP contribution < -0.4 is 10.6 Å². The van der Waals surface area contributed by atoms with Crippen LogP contribution in [0.4, 0.5) is 14.9 Å². The van der Waals surface area contributed by atoms with E-state index in [4.69, 9.17) is 5.11 Å². The molecule has 1 rings (SSSR count). The van der Waals surface area contributed by atoms with Crippen LogP contribution in [-0.2, 0) is 0 Å². The molecular formula is C14H17FN2O2. The first-order valence-corrected chi connectivity index (χ1v) is 6.11. The molecule has 0 bridgehead atoms. The summed E-state index contributed by atoms with van der Waals surface area (Å²) in [6.07, 6.45) is 1.90. The van der Waals surface area contributed by atoms with Crippen molar-refractivity contribution in [1.29, 1.82) is 0 Å². The number of benzene rings is 1. The second-order valence-electron chi connectivity index (χ2n) is 3.89. The van der Waals surface area contributed by atoms with Gasteiger partial charge in [-0.25, -0.2) is 9.18 Å². The molecule has 0 fully saturated rings. The molecule has 0 heterocycles. The molecule has 0 aliphatic heterocycles. The van der Waals surface area contributed by atoms with Crippen LogP contribution >= 0.6 is 0 Å². The zero-order valence-corrected chi connectivity index (χ0v) is 10.8. The van der Waals surface area contributed by atoms with Gasteiger partial charge in [0.05, 0.1) is 5.56 Å². The van der Waals surface area contributed by atoms with Crippen LogP contribution in [0, 0.1) is 17.7 Å². The summed E-state index contributed by atoms with van der Waals surface area (Å²) in [5.74, 6) is 4.36. The molecule has 102 valence electrons. The molecule has 0 saturated heterocycles. The van der Waals surface area contributed by atoms with E-state index in [0.29, 0.717) is 12.2 Å². The van der Waals surface area contributed by atoms with Crippen molar-refractivity contribution in [2.45, 2.75) is 19.8 Å². The fourth-order valence-electron chi connectivity index (χ4n) is 1.39. The number of halogens is 1. The van der Waals surface area contributed by atoms with Crippen molar-refractivity contribution >= 4 is 11.7 Å². The highest BCUT2D eigenvalue weighted by Gasteiger charge is 2.04. The Balaban J connectivity index is 2.66. The van der Waals surface area contributed by atoms with Gasteiger partial charge in [-0.15, -0.1) is 0 Å². The maximum Gasteiger partial charge on any atom is 0.319 e. The van der Waals surface area contributed by atoms with Crippen LogP contribution in [-0.4, -0.2) is 24.3 Å². The first kappa shape index (κ1) is 15.0. The highest BCUT2D eigenvalue weighted by molar-refractivity contribution is 5.89. The molecule has 4 nitrogen and oxygen atoms in total. The molecule has 1 aromatic rings. The Morgan fingerprint density at radius 3 is 2.95 bits per heavy atom. The van der Waals surface area contributed by atoms with E-state index in [9.17, 15) is 9.18 Å². The topological polar surface area (TPSA) is 61.4 Å². The maximum absolute atomic E-state index is 13.4. The summed E-state index contributed by atoms with van der Waals surface area (Å²) in [6.45, 7) is 2.29. The fraction of sp³-hybridized carbons (Fsp3) is 0.357. The van der Waals surface area contributed by atoms with E-state index >= 15 is 0 Å². The minimum Gasteiger partial charge on any atom is -0.384 e. The van der Waals surface area contributed by atoms with Crippen molar-refractivity contribution in [1.82, 2.24) is 5.32 Å². The fourth-order valence-corrected chi connectivity index (χ4v) is 1.39. The van der Waals surface area contributed by atoms with Crippen molar-refractivity contribution in [3.8, 4) is 11.8 Å². The van der Waals surface area contributed by atoms with Crippen LogP contribution in [0.25, 0.3) is 0 Å². The van der Waals surface area contributed by atoms with Gasteiger partial charge < -0.3 is 15.7 Å². The van der Waals surface area contributed by atoms with Crippen LogP contribution in [0.1, 0.15) is 25.3 Å². The summed E-state index contributed by atoms with van der Waals surface area (Å²) in [7, 11) is 0. The van der Waals surface area contributed by atoms with E-state index < -0.39 is 5.82 Å². The Morgan fingerprint density at radius 1 is 1.47 bits per heavy atom. The number of nitrogens with one attached hydrogen (secondary N) is 2. The van der Waals surface area contributed by atoms with E-state index in [1.165, 1.54) is 18.2 Å². The number of aliphatic hydroxyl groups is 1. The second kappa shape index (κ2) is 8.11. The first-order chi connectivity index (χ1) is 9.17. The lowest BCUT2D eigenvalue weighted by molar-refractivity contribution is 0.252. The van der Waals surface area contributed by atoms with Crippen molar-refractivity contribution in [2.75, 3.05) is 18.5 Å². The molecule has 0 unspecified atom stereocenters. The number of carbonyl (C=O) groups excluding carboxylic acids is 1. The number of rotatable bonds is 4. The summed E-state index contributed by atoms with van der Waals surface area (Å²) < 4.78 is 13.4. The Kier molecular flexibility index (Phi) is 6.41. The Bertz CT molecular complexity index is 492. The third-order valence-corrected chi connectivity index (χ3v) is 2.34. The van der Waals surface area contributed by atoms with Crippen LogP contribution in [0.15, 0.2) is 18.2 Å². The van der Waals surface area contributed by atoms with Crippen LogP contribution in [0.3, 0.4) is 0 Å². The normalized spacial score (nSPS) is 9.42. The molecule has 1 aromatic carbocycles. The average Bonchev–Trinajstić information content (AvgIpc) is 2.39. The number of aliphatic hydroxyl groups excluding tert-OH is 1. The third kappa shape index (κ3) is 5.40. The predicted molar refractivity (Wildman–Crippen MR) is 72.3 cm³/mol. The summed E-state index contributed by atoms with van der Waals surface area (Å²) in [5.41, 5.74) is 0.595. The van der Waals surface area contributed by atoms with Gasteiger partial charge in [0.15, 0.2) is 0 Å². The number of anilines is 1. The van der Waals surface area contributed by atoms with Crippen molar-refractivity contribution in [2.24, 2.45) is 0 Å². The summed E-state index contributed by atoms with van der Waals surface area (Å²) in [6, 6.07) is 3.78. The lowest BCUT2D eigenvalue weighted by Gasteiger charge is -2.07. The number of amides is 2. The maximum atomic E-state index is 13.4. The van der Waals surface area contributed by atoms with Gasteiger partial charge in [0.25, 0.3) is 0 Å². The van der Waals surface area contributed by atoms with Gasteiger partial charge in [-0.05, 0) is 24.6 Å². The quantitative estimate of drug-likeness (QED) is 0.576. The largest absolute Gasteiger partial charge is 0.384 e. The SMILES string of the molecule is CCCCNC(=O)Nc1ccc(F)c(C#CCO)c1. The standard InChI is InChI=1S/C14H17FN2O2/c1-2-3-8-16-14(19)17-12-6-7-13(15)11(10-12)5-4-9-18/h6-7,10,18H,2-3,8-9H2,1H3,(H2,16,17,19). The molecule has 0 radical (unpaired) electrons. The van der Waals surface area contributed by atoms with Gasteiger partial charge in [-0.2, -0.15) is 0 Å². The number of carbonyl (C=O) groups is 1. The van der Waals surface area contributed by atoms with E-state index in [-0.39, 0.29) is 18.2 Å². The van der Waals surface area contributed by atoms with Gasteiger partial charge in [0.1, 0.15) is 12.4 Å². The lowest BCUT2D eigenvalue weighted by atomic mass is 10.2. The Hall–Kier alpha value is -2.06. The highest BCUT2D eigenvalue weighted by atomic mass is 19.1. The summed E-state index contributed by atoms with van der Waals surface area (Å²) in [5, 5.41) is 13.9. The van der Waals surface area contributed by atoms with Gasteiger partial charge in [0, 0.05) is 12.2 Å². The zero-order valence-electron chi connectivity index (χ0n) is 10.8. The Labute approximate surface area is 112 Å². The van der Waals surface area contributed by atoms with Gasteiger partial charge in [0.2, 0.25) is 0 Å². The molecule has 5 heteroatoms. The van der Waals surface area contributed by atoms with E-state index in [0.717, 1.165) is 12.8 Å². The molecule has 3 N–H and O–H groups in total.